The normalized spacial score (nSPS) is 15.6. The van der Waals surface area contributed by atoms with Crippen molar-refractivity contribution in [2.45, 2.75) is 25.9 Å². The molecule has 0 unspecified atom stereocenters. The lowest BCUT2D eigenvalue weighted by molar-refractivity contribution is -0.154. The first kappa shape index (κ1) is 13.5. The second kappa shape index (κ2) is 5.40. The van der Waals surface area contributed by atoms with Crippen LogP contribution in [-0.4, -0.2) is 23.9 Å². The summed E-state index contributed by atoms with van der Waals surface area (Å²) in [5.41, 5.74) is 5.42. The highest BCUT2D eigenvalue weighted by atomic mass is 32.1. The molecular formula is C12H14N2O4S. The molecule has 0 bridgehead atoms. The lowest BCUT2D eigenvalue weighted by atomic mass is 10.3. The zero-order valence-corrected chi connectivity index (χ0v) is 11.2. The molecule has 1 fully saturated rings. The van der Waals surface area contributed by atoms with Gasteiger partial charge in [-0.1, -0.05) is 0 Å². The standard InChI is InChI=1S/C12H14N2O4S/c1-6(18-12(17)7-2-3-7)10(16)14-11-8(9(13)15)4-5-19-11/h4-7H,2-3H2,1H3,(H2,13,15)(H,14,16)/t6-/m0/s1. The summed E-state index contributed by atoms with van der Waals surface area (Å²) in [4.78, 5) is 34.4. The Labute approximate surface area is 113 Å². The number of carbonyl (C=O) groups is 3. The maximum absolute atomic E-state index is 11.8. The van der Waals surface area contributed by atoms with Crippen LogP contribution in [0, 0.1) is 5.92 Å². The first-order chi connectivity index (χ1) is 8.99. The largest absolute Gasteiger partial charge is 0.452 e. The van der Waals surface area contributed by atoms with Crippen LogP contribution in [0.4, 0.5) is 5.00 Å². The number of nitrogens with one attached hydrogen (secondary N) is 1. The molecular weight excluding hydrogens is 268 g/mol. The van der Waals surface area contributed by atoms with Gasteiger partial charge in [-0.05, 0) is 31.2 Å². The average Bonchev–Trinajstić information content (AvgIpc) is 3.09. The quantitative estimate of drug-likeness (QED) is 0.791. The Morgan fingerprint density at radius 1 is 1.47 bits per heavy atom. The predicted molar refractivity (Wildman–Crippen MR) is 69.7 cm³/mol. The van der Waals surface area contributed by atoms with Gasteiger partial charge < -0.3 is 15.8 Å². The summed E-state index contributed by atoms with van der Waals surface area (Å²) in [6, 6.07) is 1.53. The first-order valence-corrected chi connectivity index (χ1v) is 6.75. The first-order valence-electron chi connectivity index (χ1n) is 5.87. The molecule has 1 atom stereocenters. The van der Waals surface area contributed by atoms with Gasteiger partial charge in [0.05, 0.1) is 11.5 Å². The van der Waals surface area contributed by atoms with Crippen LogP contribution >= 0.6 is 11.3 Å². The molecule has 7 heteroatoms. The molecule has 0 aromatic carbocycles. The van der Waals surface area contributed by atoms with E-state index in [1.165, 1.54) is 24.3 Å². The molecule has 1 heterocycles. The van der Waals surface area contributed by atoms with E-state index in [-0.39, 0.29) is 17.5 Å². The molecule has 6 nitrogen and oxygen atoms in total. The summed E-state index contributed by atoms with van der Waals surface area (Å²) < 4.78 is 5.02. The second-order valence-corrected chi connectivity index (χ2v) is 5.29. The number of rotatable bonds is 5. The molecule has 102 valence electrons. The number of anilines is 1. The van der Waals surface area contributed by atoms with Crippen molar-refractivity contribution in [3.05, 3.63) is 17.0 Å². The van der Waals surface area contributed by atoms with E-state index in [2.05, 4.69) is 5.32 Å². The summed E-state index contributed by atoms with van der Waals surface area (Å²) in [6.45, 7) is 1.49. The van der Waals surface area contributed by atoms with Crippen molar-refractivity contribution in [1.82, 2.24) is 0 Å². The van der Waals surface area contributed by atoms with Crippen molar-refractivity contribution in [3.63, 3.8) is 0 Å². The molecule has 0 aliphatic heterocycles. The molecule has 1 saturated carbocycles. The van der Waals surface area contributed by atoms with E-state index in [0.29, 0.717) is 5.00 Å². The van der Waals surface area contributed by atoms with Crippen LogP contribution in [0.15, 0.2) is 11.4 Å². The topological polar surface area (TPSA) is 98.5 Å². The van der Waals surface area contributed by atoms with Crippen LogP contribution in [-0.2, 0) is 14.3 Å². The van der Waals surface area contributed by atoms with Gasteiger partial charge in [0.15, 0.2) is 6.10 Å². The van der Waals surface area contributed by atoms with Crippen LogP contribution < -0.4 is 11.1 Å². The zero-order valence-electron chi connectivity index (χ0n) is 10.3. The maximum atomic E-state index is 11.8. The van der Waals surface area contributed by atoms with Crippen molar-refractivity contribution in [2.24, 2.45) is 11.7 Å². The number of thiophene rings is 1. The summed E-state index contributed by atoms with van der Waals surface area (Å²) >= 11 is 1.19. The van der Waals surface area contributed by atoms with Gasteiger partial charge in [0, 0.05) is 0 Å². The van der Waals surface area contributed by atoms with Crippen LogP contribution in [0.2, 0.25) is 0 Å². The van der Waals surface area contributed by atoms with Crippen LogP contribution in [0.5, 0.6) is 0 Å². The van der Waals surface area contributed by atoms with Crippen LogP contribution in [0.25, 0.3) is 0 Å². The van der Waals surface area contributed by atoms with Gasteiger partial charge in [0.2, 0.25) is 0 Å². The minimum atomic E-state index is -0.893. The van der Waals surface area contributed by atoms with Gasteiger partial charge in [0.25, 0.3) is 11.8 Å². The SMILES string of the molecule is C[C@H](OC(=O)C1CC1)C(=O)Nc1sccc1C(N)=O. The Morgan fingerprint density at radius 3 is 2.74 bits per heavy atom. The van der Waals surface area contributed by atoms with E-state index in [1.807, 2.05) is 0 Å². The van der Waals surface area contributed by atoms with Gasteiger partial charge in [-0.25, -0.2) is 0 Å². The maximum Gasteiger partial charge on any atom is 0.309 e. The summed E-state index contributed by atoms with van der Waals surface area (Å²) in [5, 5.41) is 4.55. The Kier molecular flexibility index (Phi) is 3.84. The van der Waals surface area contributed by atoms with E-state index in [0.717, 1.165) is 12.8 Å². The van der Waals surface area contributed by atoms with Crippen molar-refractivity contribution in [3.8, 4) is 0 Å². The monoisotopic (exact) mass is 282 g/mol. The van der Waals surface area contributed by atoms with Crippen LogP contribution in [0.1, 0.15) is 30.1 Å². The predicted octanol–water partition coefficient (Wildman–Crippen LogP) is 1.13. The smallest absolute Gasteiger partial charge is 0.309 e. The fourth-order valence-corrected chi connectivity index (χ4v) is 2.25. The van der Waals surface area contributed by atoms with Gasteiger partial charge in [-0.2, -0.15) is 0 Å². The zero-order chi connectivity index (χ0) is 14.0. The van der Waals surface area contributed by atoms with Gasteiger partial charge >= 0.3 is 5.97 Å². The van der Waals surface area contributed by atoms with E-state index in [4.69, 9.17) is 10.5 Å². The van der Waals surface area contributed by atoms with Gasteiger partial charge in [-0.15, -0.1) is 11.3 Å². The van der Waals surface area contributed by atoms with E-state index in [1.54, 1.807) is 5.38 Å². The highest BCUT2D eigenvalue weighted by Crippen LogP contribution is 2.30. The minimum Gasteiger partial charge on any atom is -0.452 e. The third kappa shape index (κ3) is 3.31. The molecule has 1 aromatic heterocycles. The molecule has 19 heavy (non-hydrogen) atoms. The molecule has 2 rings (SSSR count). The number of nitrogens with two attached hydrogens (primary N) is 1. The summed E-state index contributed by atoms with van der Waals surface area (Å²) in [6.07, 6.45) is 0.754. The highest BCUT2D eigenvalue weighted by molar-refractivity contribution is 7.14. The molecule has 0 spiro atoms. The highest BCUT2D eigenvalue weighted by Gasteiger charge is 2.33. The molecule has 0 saturated heterocycles. The summed E-state index contributed by atoms with van der Waals surface area (Å²) in [7, 11) is 0. The lowest BCUT2D eigenvalue weighted by Crippen LogP contribution is -2.30. The van der Waals surface area contributed by atoms with Crippen molar-refractivity contribution >= 4 is 34.1 Å². The van der Waals surface area contributed by atoms with Crippen molar-refractivity contribution in [2.75, 3.05) is 5.32 Å². The van der Waals surface area contributed by atoms with Gasteiger partial charge in [-0.3, -0.25) is 14.4 Å². The third-order valence-electron chi connectivity index (χ3n) is 2.74. The number of esters is 1. The number of carbonyl (C=O) groups excluding carboxylic acids is 3. The van der Waals surface area contributed by atoms with E-state index in [9.17, 15) is 14.4 Å². The Hall–Kier alpha value is -1.89. The fraction of sp³-hybridized carbons (Fsp3) is 0.417. The molecule has 3 N–H and O–H groups in total. The van der Waals surface area contributed by atoms with Crippen molar-refractivity contribution in [1.29, 1.82) is 0 Å². The number of ether oxygens (including phenoxy) is 1. The third-order valence-corrected chi connectivity index (χ3v) is 3.57. The van der Waals surface area contributed by atoms with Crippen LogP contribution in [0.3, 0.4) is 0 Å². The molecule has 1 aromatic rings. The number of primary amides is 1. The van der Waals surface area contributed by atoms with E-state index >= 15 is 0 Å². The number of hydrogen-bond acceptors (Lipinski definition) is 5. The van der Waals surface area contributed by atoms with E-state index < -0.39 is 17.9 Å². The van der Waals surface area contributed by atoms with Gasteiger partial charge in [0.1, 0.15) is 5.00 Å². The molecule has 1 aliphatic rings. The summed E-state index contributed by atoms with van der Waals surface area (Å²) in [5.74, 6) is -1.49. The Morgan fingerprint density at radius 2 is 2.16 bits per heavy atom. The molecule has 1 aliphatic carbocycles. The average molecular weight is 282 g/mol. The van der Waals surface area contributed by atoms with Crippen molar-refractivity contribution < 1.29 is 19.1 Å². The second-order valence-electron chi connectivity index (χ2n) is 4.37. The molecule has 2 amide bonds. The Bertz CT molecular complexity index is 522. The fourth-order valence-electron chi connectivity index (χ4n) is 1.46. The lowest BCUT2D eigenvalue weighted by Gasteiger charge is -2.12. The Balaban J connectivity index is 1.94. The number of amides is 2. The number of hydrogen-bond donors (Lipinski definition) is 2. The minimum absolute atomic E-state index is 0.0573. The molecule has 0 radical (unpaired) electrons.